The van der Waals surface area contributed by atoms with Crippen molar-refractivity contribution in [2.75, 3.05) is 0 Å². The molecular weight excluding hydrogens is 196 g/mol. The minimum Gasteiger partial charge on any atom is -0.294 e. The zero-order chi connectivity index (χ0) is 11.4. The molecule has 1 aromatic rings. The van der Waals surface area contributed by atoms with Crippen LogP contribution in [0.5, 0.6) is 0 Å². The Morgan fingerprint density at radius 3 is 2.75 bits per heavy atom. The zero-order valence-corrected chi connectivity index (χ0v) is 9.10. The Kier molecular flexibility index (Phi) is 3.16. The molecule has 2 rings (SSSR count). The van der Waals surface area contributed by atoms with Crippen molar-refractivity contribution in [3.63, 3.8) is 0 Å². The Hall–Kier alpha value is -1.89. The van der Waals surface area contributed by atoms with E-state index >= 15 is 0 Å². The normalized spacial score (nSPS) is 19.0. The zero-order valence-electron chi connectivity index (χ0n) is 9.10. The van der Waals surface area contributed by atoms with Crippen LogP contribution in [0, 0.1) is 5.92 Å². The van der Waals surface area contributed by atoms with Crippen molar-refractivity contribution in [3.05, 3.63) is 66.8 Å². The number of hydrogen-bond acceptors (Lipinski definition) is 1. The summed E-state index contributed by atoms with van der Waals surface area (Å²) in [7, 11) is 0. The van der Waals surface area contributed by atoms with Gasteiger partial charge in [0.1, 0.15) is 0 Å². The van der Waals surface area contributed by atoms with Crippen molar-refractivity contribution in [2.24, 2.45) is 5.92 Å². The molecule has 0 aliphatic heterocycles. The topological polar surface area (TPSA) is 17.1 Å². The maximum absolute atomic E-state index is 11.5. The molecule has 1 nitrogen and oxygen atoms in total. The highest BCUT2D eigenvalue weighted by Crippen LogP contribution is 2.27. The lowest BCUT2D eigenvalue weighted by atomic mass is 9.87. The Bertz CT molecular complexity index is 452. The van der Waals surface area contributed by atoms with Crippen molar-refractivity contribution >= 4 is 11.4 Å². The van der Waals surface area contributed by atoms with E-state index in [4.69, 9.17) is 0 Å². The van der Waals surface area contributed by atoms with Gasteiger partial charge in [-0.2, -0.15) is 0 Å². The highest BCUT2D eigenvalue weighted by molar-refractivity contribution is 5.94. The predicted molar refractivity (Wildman–Crippen MR) is 66.9 cm³/mol. The second-order valence-electron chi connectivity index (χ2n) is 3.86. The standard InChI is InChI=1S/C15H14O/c1-2-15(16)14-10-6-9-13(11-14)12-7-4-3-5-8-12/h2-10,14H,1,11H2. The van der Waals surface area contributed by atoms with Gasteiger partial charge in [-0.25, -0.2) is 0 Å². The molecule has 0 fully saturated rings. The molecule has 0 spiro atoms. The number of allylic oxidation sites excluding steroid dienone is 5. The number of rotatable bonds is 3. The number of carbonyl (C=O) groups is 1. The van der Waals surface area contributed by atoms with Gasteiger partial charge in [-0.3, -0.25) is 4.79 Å². The molecule has 0 aromatic heterocycles. The van der Waals surface area contributed by atoms with Crippen LogP contribution in [0.3, 0.4) is 0 Å². The summed E-state index contributed by atoms with van der Waals surface area (Å²) < 4.78 is 0. The van der Waals surface area contributed by atoms with Gasteiger partial charge in [-0.15, -0.1) is 0 Å². The molecule has 1 aromatic carbocycles. The van der Waals surface area contributed by atoms with Gasteiger partial charge >= 0.3 is 0 Å². The molecule has 1 aliphatic carbocycles. The number of benzene rings is 1. The Morgan fingerprint density at radius 1 is 1.31 bits per heavy atom. The third-order valence-corrected chi connectivity index (χ3v) is 2.79. The summed E-state index contributed by atoms with van der Waals surface area (Å²) in [6.45, 7) is 3.53. The third kappa shape index (κ3) is 2.19. The van der Waals surface area contributed by atoms with E-state index in [-0.39, 0.29) is 11.7 Å². The number of carbonyl (C=O) groups excluding carboxylic acids is 1. The Balaban J connectivity index is 2.20. The highest BCUT2D eigenvalue weighted by atomic mass is 16.1. The smallest absolute Gasteiger partial charge is 0.162 e. The molecule has 0 bridgehead atoms. The van der Waals surface area contributed by atoms with Gasteiger partial charge in [0.15, 0.2) is 5.78 Å². The molecule has 80 valence electrons. The van der Waals surface area contributed by atoms with E-state index in [0.29, 0.717) is 0 Å². The number of hydrogen-bond donors (Lipinski definition) is 0. The lowest BCUT2D eigenvalue weighted by Crippen LogP contribution is -2.11. The van der Waals surface area contributed by atoms with E-state index in [1.165, 1.54) is 17.2 Å². The summed E-state index contributed by atoms with van der Waals surface area (Å²) in [6, 6.07) is 10.2. The van der Waals surface area contributed by atoms with E-state index in [9.17, 15) is 4.79 Å². The van der Waals surface area contributed by atoms with Crippen LogP contribution in [0.25, 0.3) is 5.57 Å². The molecular formula is C15H14O. The first-order chi connectivity index (χ1) is 7.81. The van der Waals surface area contributed by atoms with Gasteiger partial charge in [0.2, 0.25) is 0 Å². The number of ketones is 1. The quantitative estimate of drug-likeness (QED) is 0.699. The average Bonchev–Trinajstić information content (AvgIpc) is 2.39. The van der Waals surface area contributed by atoms with Crippen LogP contribution < -0.4 is 0 Å². The first-order valence-electron chi connectivity index (χ1n) is 5.40. The minimum absolute atomic E-state index is 0.0438. The summed E-state index contributed by atoms with van der Waals surface area (Å²) >= 11 is 0. The molecule has 1 unspecified atom stereocenters. The summed E-state index contributed by atoms with van der Waals surface area (Å²) in [6.07, 6.45) is 8.14. The van der Waals surface area contributed by atoms with Crippen molar-refractivity contribution in [2.45, 2.75) is 6.42 Å². The molecule has 1 heteroatoms. The molecule has 0 heterocycles. The first kappa shape index (κ1) is 10.6. The lowest BCUT2D eigenvalue weighted by Gasteiger charge is -2.16. The SMILES string of the molecule is C=CC(=O)C1C=CC=C(c2ccccc2)C1. The van der Waals surface area contributed by atoms with Crippen LogP contribution in [0.2, 0.25) is 0 Å². The first-order valence-corrected chi connectivity index (χ1v) is 5.40. The van der Waals surface area contributed by atoms with E-state index < -0.39 is 0 Å². The van der Waals surface area contributed by atoms with Gasteiger partial charge in [-0.05, 0) is 23.6 Å². The third-order valence-electron chi connectivity index (χ3n) is 2.79. The fourth-order valence-electron chi connectivity index (χ4n) is 1.89. The van der Waals surface area contributed by atoms with E-state index in [2.05, 4.69) is 24.8 Å². The maximum atomic E-state index is 11.5. The lowest BCUT2D eigenvalue weighted by molar-refractivity contribution is -0.116. The van der Waals surface area contributed by atoms with E-state index in [1.54, 1.807) is 0 Å². The second kappa shape index (κ2) is 4.75. The van der Waals surface area contributed by atoms with Crippen molar-refractivity contribution in [1.29, 1.82) is 0 Å². The minimum atomic E-state index is -0.0438. The van der Waals surface area contributed by atoms with Crippen LogP contribution in [-0.2, 0) is 4.79 Å². The van der Waals surface area contributed by atoms with Crippen molar-refractivity contribution in [1.82, 2.24) is 0 Å². The molecule has 1 aliphatic rings. The van der Waals surface area contributed by atoms with Crippen LogP contribution in [0.1, 0.15) is 12.0 Å². The van der Waals surface area contributed by atoms with Gasteiger partial charge in [-0.1, -0.05) is 55.1 Å². The Labute approximate surface area is 95.8 Å². The summed E-state index contributed by atoms with van der Waals surface area (Å²) in [5, 5.41) is 0. The second-order valence-corrected chi connectivity index (χ2v) is 3.86. The van der Waals surface area contributed by atoms with Crippen LogP contribution >= 0.6 is 0 Å². The van der Waals surface area contributed by atoms with Crippen molar-refractivity contribution in [3.8, 4) is 0 Å². The van der Waals surface area contributed by atoms with Crippen LogP contribution in [-0.4, -0.2) is 5.78 Å². The fourth-order valence-corrected chi connectivity index (χ4v) is 1.89. The highest BCUT2D eigenvalue weighted by Gasteiger charge is 2.17. The largest absolute Gasteiger partial charge is 0.294 e. The predicted octanol–water partition coefficient (Wildman–Crippen LogP) is 3.40. The summed E-state index contributed by atoms with van der Waals surface area (Å²) in [5.41, 5.74) is 2.40. The monoisotopic (exact) mass is 210 g/mol. The molecule has 0 saturated carbocycles. The van der Waals surface area contributed by atoms with Gasteiger partial charge in [0.05, 0.1) is 0 Å². The molecule has 0 amide bonds. The molecule has 16 heavy (non-hydrogen) atoms. The van der Waals surface area contributed by atoms with E-state index in [1.807, 2.05) is 30.4 Å². The molecule has 0 N–H and O–H groups in total. The Morgan fingerprint density at radius 2 is 2.06 bits per heavy atom. The molecule has 0 saturated heterocycles. The molecule has 0 radical (unpaired) electrons. The van der Waals surface area contributed by atoms with E-state index in [0.717, 1.165) is 6.42 Å². The van der Waals surface area contributed by atoms with Gasteiger partial charge in [0, 0.05) is 5.92 Å². The molecule has 1 atom stereocenters. The maximum Gasteiger partial charge on any atom is 0.162 e. The van der Waals surface area contributed by atoms with Crippen LogP contribution in [0.15, 0.2) is 61.2 Å². The van der Waals surface area contributed by atoms with Crippen LogP contribution in [0.4, 0.5) is 0 Å². The summed E-state index contributed by atoms with van der Waals surface area (Å²) in [5.74, 6) is 0.0514. The summed E-state index contributed by atoms with van der Waals surface area (Å²) in [4.78, 5) is 11.5. The van der Waals surface area contributed by atoms with Gasteiger partial charge in [0.25, 0.3) is 0 Å². The fraction of sp³-hybridized carbons (Fsp3) is 0.133. The van der Waals surface area contributed by atoms with Gasteiger partial charge < -0.3 is 0 Å². The average molecular weight is 210 g/mol. The van der Waals surface area contributed by atoms with Crippen molar-refractivity contribution < 1.29 is 4.79 Å².